The van der Waals surface area contributed by atoms with Gasteiger partial charge in [0.05, 0.1) is 0 Å². The smallest absolute Gasteiger partial charge is 0.285 e. The van der Waals surface area contributed by atoms with Crippen LogP contribution in [0.15, 0.2) is 57.8 Å². The van der Waals surface area contributed by atoms with E-state index in [2.05, 4.69) is 15.0 Å². The van der Waals surface area contributed by atoms with Crippen molar-refractivity contribution in [3.05, 3.63) is 59.7 Å². The number of rotatable bonds is 4. The minimum Gasteiger partial charge on any atom is -0.339 e. The van der Waals surface area contributed by atoms with Crippen LogP contribution in [0.2, 0.25) is 0 Å². The maximum Gasteiger partial charge on any atom is 0.285 e. The molecular weight excluding hydrogens is 376 g/mol. The first-order valence-corrected chi connectivity index (χ1v) is 10.7. The van der Waals surface area contributed by atoms with Crippen LogP contribution in [0.3, 0.4) is 0 Å². The Morgan fingerprint density at radius 2 is 1.93 bits per heavy atom. The molecule has 0 radical (unpaired) electrons. The largest absolute Gasteiger partial charge is 0.339 e. The number of sulfonamides is 1. The first-order chi connectivity index (χ1) is 13.5. The summed E-state index contributed by atoms with van der Waals surface area (Å²) in [6.07, 6.45) is 1.01. The molecular formula is C20H22N4O3S. The topological polar surface area (TPSA) is 90.9 Å². The molecule has 1 fully saturated rings. The quantitative estimate of drug-likeness (QED) is 0.821. The first-order valence-electron chi connectivity index (χ1n) is 9.23. The van der Waals surface area contributed by atoms with Crippen LogP contribution in [-0.4, -0.2) is 51.7 Å². The van der Waals surface area contributed by atoms with Gasteiger partial charge in [0, 0.05) is 29.9 Å². The fourth-order valence-corrected chi connectivity index (χ4v) is 4.86. The Labute approximate surface area is 164 Å². The SMILES string of the molecule is CNCC1CCN(C(=O)c2ccc(NC3=NS(=O)(=O)c4ccccc43)cc2)C1. The van der Waals surface area contributed by atoms with Crippen LogP contribution in [0.1, 0.15) is 22.3 Å². The lowest BCUT2D eigenvalue weighted by Gasteiger charge is -2.17. The highest BCUT2D eigenvalue weighted by Crippen LogP contribution is 2.27. The second-order valence-electron chi connectivity index (χ2n) is 7.08. The van der Waals surface area contributed by atoms with E-state index >= 15 is 0 Å². The Kier molecular flexibility index (Phi) is 4.91. The van der Waals surface area contributed by atoms with Crippen molar-refractivity contribution < 1.29 is 13.2 Å². The summed E-state index contributed by atoms with van der Waals surface area (Å²) >= 11 is 0. The van der Waals surface area contributed by atoms with Crippen molar-refractivity contribution >= 4 is 27.5 Å². The summed E-state index contributed by atoms with van der Waals surface area (Å²) in [6.45, 7) is 2.46. The lowest BCUT2D eigenvalue weighted by molar-refractivity contribution is 0.0787. The highest BCUT2D eigenvalue weighted by molar-refractivity contribution is 7.90. The summed E-state index contributed by atoms with van der Waals surface area (Å²) in [4.78, 5) is 14.8. The van der Waals surface area contributed by atoms with Gasteiger partial charge in [0.1, 0.15) is 4.90 Å². The van der Waals surface area contributed by atoms with E-state index in [0.29, 0.717) is 28.6 Å². The lowest BCUT2D eigenvalue weighted by atomic mass is 10.1. The minimum atomic E-state index is -3.66. The number of nitrogens with zero attached hydrogens (tertiary/aromatic N) is 2. The molecule has 1 unspecified atom stereocenters. The molecule has 2 aliphatic heterocycles. The zero-order valence-electron chi connectivity index (χ0n) is 15.6. The Bertz CT molecular complexity index is 1030. The maximum atomic E-state index is 12.7. The van der Waals surface area contributed by atoms with Crippen LogP contribution < -0.4 is 10.6 Å². The van der Waals surface area contributed by atoms with Crippen molar-refractivity contribution in [2.24, 2.45) is 10.3 Å². The van der Waals surface area contributed by atoms with Crippen molar-refractivity contribution in [2.45, 2.75) is 11.3 Å². The number of carbonyl (C=O) groups is 1. The number of nitrogens with one attached hydrogen (secondary N) is 2. The van der Waals surface area contributed by atoms with Gasteiger partial charge in [-0.15, -0.1) is 4.40 Å². The minimum absolute atomic E-state index is 0.0243. The highest BCUT2D eigenvalue weighted by atomic mass is 32.2. The zero-order valence-corrected chi connectivity index (χ0v) is 16.4. The number of likely N-dealkylation sites (tertiary alicyclic amines) is 1. The predicted molar refractivity (Wildman–Crippen MR) is 108 cm³/mol. The third-order valence-electron chi connectivity index (χ3n) is 5.09. The average Bonchev–Trinajstić information content (AvgIpc) is 3.25. The van der Waals surface area contributed by atoms with Crippen LogP contribution in [-0.2, 0) is 10.0 Å². The molecule has 7 nitrogen and oxygen atoms in total. The number of benzene rings is 2. The van der Waals surface area contributed by atoms with Gasteiger partial charge in [-0.05, 0) is 62.3 Å². The van der Waals surface area contributed by atoms with Gasteiger partial charge in [-0.2, -0.15) is 8.42 Å². The van der Waals surface area contributed by atoms with E-state index in [4.69, 9.17) is 0 Å². The van der Waals surface area contributed by atoms with Crippen molar-refractivity contribution in [3.8, 4) is 0 Å². The fraction of sp³-hybridized carbons (Fsp3) is 0.300. The van der Waals surface area contributed by atoms with E-state index in [1.54, 1.807) is 48.5 Å². The number of hydrogen-bond acceptors (Lipinski definition) is 5. The molecule has 0 saturated carbocycles. The summed E-state index contributed by atoms with van der Waals surface area (Å²) in [7, 11) is -1.73. The molecule has 0 aromatic heterocycles. The Morgan fingerprint density at radius 3 is 2.68 bits per heavy atom. The number of fused-ring (bicyclic) bond motifs is 1. The van der Waals surface area contributed by atoms with Gasteiger partial charge in [-0.3, -0.25) is 4.79 Å². The average molecular weight is 398 g/mol. The molecule has 2 aromatic carbocycles. The lowest BCUT2D eigenvalue weighted by Crippen LogP contribution is -2.30. The van der Waals surface area contributed by atoms with Gasteiger partial charge in [0.25, 0.3) is 15.9 Å². The molecule has 146 valence electrons. The molecule has 1 saturated heterocycles. The summed E-state index contributed by atoms with van der Waals surface area (Å²) in [6, 6.07) is 13.8. The van der Waals surface area contributed by atoms with E-state index in [-0.39, 0.29) is 10.8 Å². The van der Waals surface area contributed by atoms with Crippen molar-refractivity contribution in [3.63, 3.8) is 0 Å². The van der Waals surface area contributed by atoms with Gasteiger partial charge in [0.2, 0.25) is 0 Å². The molecule has 0 bridgehead atoms. The van der Waals surface area contributed by atoms with E-state index in [1.807, 2.05) is 11.9 Å². The number of carbonyl (C=O) groups excluding carboxylic acids is 1. The van der Waals surface area contributed by atoms with Gasteiger partial charge in [-0.1, -0.05) is 12.1 Å². The molecule has 2 heterocycles. The number of amides is 1. The first kappa shape index (κ1) is 18.6. The summed E-state index contributed by atoms with van der Waals surface area (Å²) in [5.41, 5.74) is 1.85. The summed E-state index contributed by atoms with van der Waals surface area (Å²) in [5.74, 6) is 0.817. The predicted octanol–water partition coefficient (Wildman–Crippen LogP) is 1.93. The van der Waals surface area contributed by atoms with Crippen LogP contribution in [0.5, 0.6) is 0 Å². The van der Waals surface area contributed by atoms with E-state index in [1.165, 1.54) is 0 Å². The van der Waals surface area contributed by atoms with E-state index in [9.17, 15) is 13.2 Å². The van der Waals surface area contributed by atoms with Gasteiger partial charge in [-0.25, -0.2) is 0 Å². The Hall–Kier alpha value is -2.71. The molecule has 1 amide bonds. The second kappa shape index (κ2) is 7.37. The molecule has 2 aromatic rings. The van der Waals surface area contributed by atoms with Crippen LogP contribution >= 0.6 is 0 Å². The Balaban J connectivity index is 1.47. The van der Waals surface area contributed by atoms with Crippen molar-refractivity contribution in [1.29, 1.82) is 0 Å². The van der Waals surface area contributed by atoms with Crippen LogP contribution in [0, 0.1) is 5.92 Å². The van der Waals surface area contributed by atoms with Crippen LogP contribution in [0.25, 0.3) is 0 Å². The standard InChI is InChI=1S/C20H22N4O3S/c1-21-12-14-10-11-24(13-14)20(25)15-6-8-16(9-7-15)22-19-17-4-2-3-5-18(17)28(26,27)23-19/h2-9,14,21H,10-13H2,1H3,(H,22,23). The molecule has 0 spiro atoms. The molecule has 0 aliphatic carbocycles. The summed E-state index contributed by atoms with van der Waals surface area (Å²) < 4.78 is 28.1. The fourth-order valence-electron chi connectivity index (χ4n) is 3.68. The second-order valence-corrected chi connectivity index (χ2v) is 8.65. The van der Waals surface area contributed by atoms with Crippen molar-refractivity contribution in [1.82, 2.24) is 10.2 Å². The third kappa shape index (κ3) is 3.53. The van der Waals surface area contributed by atoms with Crippen LogP contribution in [0.4, 0.5) is 5.69 Å². The van der Waals surface area contributed by atoms with Gasteiger partial charge < -0.3 is 15.5 Å². The third-order valence-corrected chi connectivity index (χ3v) is 6.43. The van der Waals surface area contributed by atoms with Gasteiger partial charge in [0.15, 0.2) is 5.84 Å². The molecule has 1 atom stereocenters. The number of amidine groups is 1. The monoisotopic (exact) mass is 398 g/mol. The molecule has 4 rings (SSSR count). The Morgan fingerprint density at radius 1 is 1.18 bits per heavy atom. The molecule has 2 aliphatic rings. The molecule has 2 N–H and O–H groups in total. The zero-order chi connectivity index (χ0) is 19.7. The maximum absolute atomic E-state index is 12.7. The van der Waals surface area contributed by atoms with Gasteiger partial charge >= 0.3 is 0 Å². The number of hydrogen-bond donors (Lipinski definition) is 2. The van der Waals surface area contributed by atoms with Crippen molar-refractivity contribution in [2.75, 3.05) is 32.0 Å². The van der Waals surface area contributed by atoms with E-state index in [0.717, 1.165) is 26.1 Å². The molecule has 8 heteroatoms. The normalized spacial score (nSPS) is 20.0. The highest BCUT2D eigenvalue weighted by Gasteiger charge is 2.29. The number of anilines is 1. The van der Waals surface area contributed by atoms with E-state index < -0.39 is 10.0 Å². The molecule has 28 heavy (non-hydrogen) atoms. The summed E-state index contributed by atoms with van der Waals surface area (Å²) in [5, 5.41) is 6.21.